The fourth-order valence-electron chi connectivity index (χ4n) is 2.97. The van der Waals surface area contributed by atoms with E-state index >= 15 is 0 Å². The molecule has 0 radical (unpaired) electrons. The molecular weight excluding hydrogens is 278 g/mol. The molecule has 0 spiro atoms. The summed E-state index contributed by atoms with van der Waals surface area (Å²) in [5, 5.41) is 4.54. The molecule has 116 valence electrons. The molecule has 2 aromatic heterocycles. The average Bonchev–Trinajstić information content (AvgIpc) is 3.27. The van der Waals surface area contributed by atoms with Crippen LogP contribution in [-0.2, 0) is 26.2 Å². The highest BCUT2D eigenvalue weighted by Gasteiger charge is 2.26. The summed E-state index contributed by atoms with van der Waals surface area (Å²) in [6, 6.07) is 4.16. The van der Waals surface area contributed by atoms with E-state index in [1.807, 2.05) is 17.7 Å². The zero-order valence-corrected chi connectivity index (χ0v) is 12.9. The Morgan fingerprint density at radius 2 is 2.14 bits per heavy atom. The van der Waals surface area contributed by atoms with Crippen LogP contribution in [0.3, 0.4) is 0 Å². The van der Waals surface area contributed by atoms with Crippen LogP contribution >= 0.6 is 0 Å². The number of aromatic nitrogens is 4. The Bertz CT molecular complexity index is 726. The predicted molar refractivity (Wildman–Crippen MR) is 82.3 cm³/mol. The van der Waals surface area contributed by atoms with Crippen LogP contribution in [0.4, 0.5) is 0 Å². The summed E-state index contributed by atoms with van der Waals surface area (Å²) in [4.78, 5) is 19.1. The molecule has 1 aliphatic heterocycles. The van der Waals surface area contributed by atoms with E-state index in [4.69, 9.17) is 0 Å². The Balaban J connectivity index is 1.48. The smallest absolute Gasteiger partial charge is 0.288 e. The topological polar surface area (TPSA) is 56.0 Å². The van der Waals surface area contributed by atoms with Crippen LogP contribution in [0, 0.1) is 12.8 Å². The van der Waals surface area contributed by atoms with E-state index in [-0.39, 0.29) is 5.69 Å². The van der Waals surface area contributed by atoms with Crippen molar-refractivity contribution in [2.45, 2.75) is 45.9 Å². The third kappa shape index (κ3) is 2.70. The number of fused-ring (bicyclic) bond motifs is 1. The van der Waals surface area contributed by atoms with Gasteiger partial charge in [-0.05, 0) is 37.3 Å². The molecule has 4 rings (SSSR count). The lowest BCUT2D eigenvalue weighted by Crippen LogP contribution is -2.37. The number of hydrogen-bond acceptors (Lipinski definition) is 4. The quantitative estimate of drug-likeness (QED) is 0.850. The van der Waals surface area contributed by atoms with Crippen molar-refractivity contribution in [1.29, 1.82) is 0 Å². The SMILES string of the molecule is Cc1ccc(CN2CCn3c(nn(CC4CC4)c3=O)C2)nc1. The molecular formula is C16H21N5O. The van der Waals surface area contributed by atoms with E-state index in [2.05, 4.69) is 27.1 Å². The number of pyridine rings is 1. The van der Waals surface area contributed by atoms with Crippen molar-refractivity contribution in [3.05, 3.63) is 45.9 Å². The van der Waals surface area contributed by atoms with Gasteiger partial charge < -0.3 is 0 Å². The third-order valence-electron chi connectivity index (χ3n) is 4.49. The first-order chi connectivity index (χ1) is 10.7. The minimum absolute atomic E-state index is 0.0648. The van der Waals surface area contributed by atoms with Gasteiger partial charge in [-0.15, -0.1) is 0 Å². The first kappa shape index (κ1) is 13.7. The van der Waals surface area contributed by atoms with E-state index in [1.165, 1.54) is 18.4 Å². The maximum Gasteiger partial charge on any atom is 0.346 e. The van der Waals surface area contributed by atoms with E-state index in [9.17, 15) is 4.79 Å². The van der Waals surface area contributed by atoms with Gasteiger partial charge in [-0.25, -0.2) is 9.48 Å². The molecule has 0 atom stereocenters. The van der Waals surface area contributed by atoms with Gasteiger partial charge in [0.15, 0.2) is 0 Å². The molecule has 0 unspecified atom stereocenters. The van der Waals surface area contributed by atoms with Gasteiger partial charge >= 0.3 is 5.69 Å². The summed E-state index contributed by atoms with van der Waals surface area (Å²) in [7, 11) is 0. The monoisotopic (exact) mass is 299 g/mol. The highest BCUT2D eigenvalue weighted by atomic mass is 16.2. The molecule has 1 aliphatic carbocycles. The summed E-state index contributed by atoms with van der Waals surface area (Å²) in [6.45, 7) is 5.97. The Morgan fingerprint density at radius 3 is 2.86 bits per heavy atom. The van der Waals surface area contributed by atoms with Crippen molar-refractivity contribution in [2.24, 2.45) is 5.92 Å². The second-order valence-corrected chi connectivity index (χ2v) is 6.51. The van der Waals surface area contributed by atoms with E-state index in [0.717, 1.165) is 44.2 Å². The van der Waals surface area contributed by atoms with Crippen molar-refractivity contribution in [1.82, 2.24) is 24.2 Å². The Labute approximate surface area is 129 Å². The maximum absolute atomic E-state index is 12.3. The Hall–Kier alpha value is -1.95. The fraction of sp³-hybridized carbons (Fsp3) is 0.562. The first-order valence-electron chi connectivity index (χ1n) is 7.99. The largest absolute Gasteiger partial charge is 0.346 e. The molecule has 0 amide bonds. The van der Waals surface area contributed by atoms with Crippen LogP contribution in [-0.4, -0.2) is 30.8 Å². The second-order valence-electron chi connectivity index (χ2n) is 6.51. The number of nitrogens with zero attached hydrogens (tertiary/aromatic N) is 5. The van der Waals surface area contributed by atoms with Crippen LogP contribution in [0.15, 0.2) is 23.1 Å². The lowest BCUT2D eigenvalue weighted by atomic mass is 10.2. The predicted octanol–water partition coefficient (Wildman–Crippen LogP) is 1.17. The molecule has 22 heavy (non-hydrogen) atoms. The van der Waals surface area contributed by atoms with Crippen molar-refractivity contribution in [2.75, 3.05) is 6.54 Å². The summed E-state index contributed by atoms with van der Waals surface area (Å²) >= 11 is 0. The molecule has 1 saturated carbocycles. The van der Waals surface area contributed by atoms with Crippen molar-refractivity contribution in [3.8, 4) is 0 Å². The molecule has 2 aliphatic rings. The van der Waals surface area contributed by atoms with Gasteiger partial charge in [-0.1, -0.05) is 6.07 Å². The summed E-state index contributed by atoms with van der Waals surface area (Å²) in [6.07, 6.45) is 4.37. The number of rotatable bonds is 4. The van der Waals surface area contributed by atoms with Crippen LogP contribution in [0.1, 0.15) is 29.9 Å². The number of hydrogen-bond donors (Lipinski definition) is 0. The normalized spacial score (nSPS) is 18.4. The molecule has 6 nitrogen and oxygen atoms in total. The Kier molecular flexibility index (Phi) is 3.33. The summed E-state index contributed by atoms with van der Waals surface area (Å²) in [5.41, 5.74) is 2.31. The van der Waals surface area contributed by atoms with Gasteiger partial charge in [-0.2, -0.15) is 5.10 Å². The molecule has 0 aromatic carbocycles. The maximum atomic E-state index is 12.3. The minimum atomic E-state index is 0.0648. The van der Waals surface area contributed by atoms with Crippen LogP contribution in [0.5, 0.6) is 0 Å². The average molecular weight is 299 g/mol. The molecule has 6 heteroatoms. The lowest BCUT2D eigenvalue weighted by molar-refractivity contribution is 0.205. The molecule has 0 N–H and O–H groups in total. The summed E-state index contributed by atoms with van der Waals surface area (Å²) < 4.78 is 3.50. The van der Waals surface area contributed by atoms with Crippen molar-refractivity contribution in [3.63, 3.8) is 0 Å². The standard InChI is InChI=1S/C16H21N5O/c1-12-2-5-14(17-8-12)10-19-6-7-20-15(11-19)18-21(16(20)22)9-13-3-4-13/h2,5,8,13H,3-4,6-7,9-11H2,1H3. The zero-order chi connectivity index (χ0) is 15.1. The van der Waals surface area contributed by atoms with Gasteiger partial charge in [0.05, 0.1) is 12.2 Å². The first-order valence-corrected chi connectivity index (χ1v) is 7.99. The highest BCUT2D eigenvalue weighted by molar-refractivity contribution is 5.12. The number of aryl methyl sites for hydroxylation is 1. The lowest BCUT2D eigenvalue weighted by Gasteiger charge is -2.26. The fourth-order valence-corrected chi connectivity index (χ4v) is 2.97. The molecule has 0 bridgehead atoms. The molecule has 0 saturated heterocycles. The van der Waals surface area contributed by atoms with Gasteiger partial charge in [0.1, 0.15) is 5.82 Å². The van der Waals surface area contributed by atoms with Gasteiger partial charge in [0, 0.05) is 32.4 Å². The van der Waals surface area contributed by atoms with Crippen molar-refractivity contribution < 1.29 is 0 Å². The second kappa shape index (κ2) is 5.35. The van der Waals surface area contributed by atoms with Gasteiger partial charge in [0.25, 0.3) is 0 Å². The van der Waals surface area contributed by atoms with Gasteiger partial charge in [0.2, 0.25) is 0 Å². The van der Waals surface area contributed by atoms with E-state index in [1.54, 1.807) is 4.68 Å². The molecule has 1 fully saturated rings. The Morgan fingerprint density at radius 1 is 1.27 bits per heavy atom. The zero-order valence-electron chi connectivity index (χ0n) is 12.9. The summed E-state index contributed by atoms with van der Waals surface area (Å²) in [5.74, 6) is 1.56. The molecule has 2 aromatic rings. The molecule has 3 heterocycles. The van der Waals surface area contributed by atoms with Gasteiger partial charge in [-0.3, -0.25) is 14.5 Å². The highest BCUT2D eigenvalue weighted by Crippen LogP contribution is 2.29. The van der Waals surface area contributed by atoms with Crippen LogP contribution in [0.25, 0.3) is 0 Å². The van der Waals surface area contributed by atoms with Crippen LogP contribution in [0.2, 0.25) is 0 Å². The van der Waals surface area contributed by atoms with E-state index in [0.29, 0.717) is 5.92 Å². The van der Waals surface area contributed by atoms with E-state index < -0.39 is 0 Å². The van der Waals surface area contributed by atoms with Crippen molar-refractivity contribution >= 4 is 0 Å². The minimum Gasteiger partial charge on any atom is -0.288 e. The van der Waals surface area contributed by atoms with Crippen LogP contribution < -0.4 is 5.69 Å². The third-order valence-corrected chi connectivity index (χ3v) is 4.49.